The van der Waals surface area contributed by atoms with Gasteiger partial charge in [-0.25, -0.2) is 0 Å². The first kappa shape index (κ1) is 13.2. The molecule has 0 aliphatic carbocycles. The maximum Gasteiger partial charge on any atom is 0.188 e. The first-order chi connectivity index (χ1) is 9.79. The molecule has 1 unspecified atom stereocenters. The molecule has 1 aliphatic heterocycles. The molecule has 106 valence electrons. The Bertz CT molecular complexity index is 538. The van der Waals surface area contributed by atoms with E-state index in [2.05, 4.69) is 56.0 Å². The number of aromatic nitrogens is 4. The van der Waals surface area contributed by atoms with Crippen molar-refractivity contribution in [2.24, 2.45) is 7.05 Å². The molecule has 1 fully saturated rings. The zero-order valence-electron chi connectivity index (χ0n) is 11.7. The van der Waals surface area contributed by atoms with Gasteiger partial charge in [-0.1, -0.05) is 30.3 Å². The quantitative estimate of drug-likeness (QED) is 0.863. The molecule has 6 nitrogen and oxygen atoms in total. The number of piperazine rings is 1. The number of nitrogens with one attached hydrogen (secondary N) is 1. The van der Waals surface area contributed by atoms with Crippen molar-refractivity contribution < 1.29 is 0 Å². The Morgan fingerprint density at radius 1 is 1.30 bits per heavy atom. The number of benzene rings is 1. The van der Waals surface area contributed by atoms with Gasteiger partial charge in [0.15, 0.2) is 5.82 Å². The Balaban J connectivity index is 1.56. The average Bonchev–Trinajstić information content (AvgIpc) is 2.86. The van der Waals surface area contributed by atoms with Crippen LogP contribution in [0.3, 0.4) is 0 Å². The van der Waals surface area contributed by atoms with Gasteiger partial charge < -0.3 is 5.32 Å². The fourth-order valence-corrected chi connectivity index (χ4v) is 2.66. The highest BCUT2D eigenvalue weighted by atomic mass is 15.6. The van der Waals surface area contributed by atoms with Crippen molar-refractivity contribution >= 4 is 0 Å². The second-order valence-corrected chi connectivity index (χ2v) is 5.27. The van der Waals surface area contributed by atoms with Gasteiger partial charge >= 0.3 is 0 Å². The minimum Gasteiger partial charge on any atom is -0.311 e. The molecule has 0 saturated carbocycles. The van der Waals surface area contributed by atoms with E-state index in [0.29, 0.717) is 6.04 Å². The summed E-state index contributed by atoms with van der Waals surface area (Å²) in [6.07, 6.45) is 1.06. The molecule has 1 atom stereocenters. The van der Waals surface area contributed by atoms with E-state index < -0.39 is 0 Å². The first-order valence-electron chi connectivity index (χ1n) is 7.02. The van der Waals surface area contributed by atoms with Crippen molar-refractivity contribution in [2.75, 3.05) is 19.6 Å². The van der Waals surface area contributed by atoms with Crippen molar-refractivity contribution in [2.45, 2.75) is 19.0 Å². The van der Waals surface area contributed by atoms with Gasteiger partial charge in [0, 0.05) is 25.7 Å². The molecule has 1 saturated heterocycles. The highest BCUT2D eigenvalue weighted by Gasteiger charge is 2.20. The molecule has 3 rings (SSSR count). The Morgan fingerprint density at radius 2 is 2.15 bits per heavy atom. The van der Waals surface area contributed by atoms with Crippen LogP contribution in [0.1, 0.15) is 11.4 Å². The second kappa shape index (κ2) is 6.11. The van der Waals surface area contributed by atoms with Crippen molar-refractivity contribution in [1.29, 1.82) is 0 Å². The average molecular weight is 272 g/mol. The first-order valence-corrected chi connectivity index (χ1v) is 7.02. The zero-order chi connectivity index (χ0) is 13.8. The van der Waals surface area contributed by atoms with Gasteiger partial charge in [-0.05, 0) is 17.2 Å². The van der Waals surface area contributed by atoms with Crippen molar-refractivity contribution in [3.8, 4) is 0 Å². The third-order valence-electron chi connectivity index (χ3n) is 3.58. The molecule has 1 N–H and O–H groups in total. The Kier molecular flexibility index (Phi) is 4.03. The van der Waals surface area contributed by atoms with Crippen LogP contribution in [-0.2, 0) is 20.0 Å². The summed E-state index contributed by atoms with van der Waals surface area (Å²) < 4.78 is 0. The van der Waals surface area contributed by atoms with Gasteiger partial charge in [0.05, 0.1) is 13.6 Å². The number of rotatable bonds is 4. The molecular formula is C14H20N6. The van der Waals surface area contributed by atoms with Gasteiger partial charge in [-0.3, -0.25) is 4.90 Å². The Labute approximate surface area is 118 Å². The van der Waals surface area contributed by atoms with Crippen LogP contribution in [0.2, 0.25) is 0 Å². The van der Waals surface area contributed by atoms with E-state index in [4.69, 9.17) is 0 Å². The Hall–Kier alpha value is -1.79. The van der Waals surface area contributed by atoms with Crippen LogP contribution < -0.4 is 5.32 Å². The summed E-state index contributed by atoms with van der Waals surface area (Å²) >= 11 is 0. The summed E-state index contributed by atoms with van der Waals surface area (Å²) in [4.78, 5) is 3.90. The highest BCUT2D eigenvalue weighted by molar-refractivity contribution is 5.16. The fraction of sp³-hybridized carbons (Fsp3) is 0.500. The molecule has 2 aromatic rings. The number of tetrazole rings is 1. The summed E-state index contributed by atoms with van der Waals surface area (Å²) in [7, 11) is 1.80. The van der Waals surface area contributed by atoms with Crippen LogP contribution in [0.4, 0.5) is 0 Å². The SMILES string of the molecule is Cn1nnc(CN2CCNC(Cc3ccccc3)C2)n1. The molecule has 20 heavy (non-hydrogen) atoms. The summed E-state index contributed by atoms with van der Waals surface area (Å²) in [6, 6.07) is 11.1. The third-order valence-corrected chi connectivity index (χ3v) is 3.58. The van der Waals surface area contributed by atoms with E-state index in [0.717, 1.165) is 38.4 Å². The van der Waals surface area contributed by atoms with Crippen LogP contribution in [0.5, 0.6) is 0 Å². The van der Waals surface area contributed by atoms with E-state index in [1.165, 1.54) is 10.4 Å². The molecule has 0 bridgehead atoms. The van der Waals surface area contributed by atoms with Crippen molar-refractivity contribution in [3.05, 3.63) is 41.7 Å². The largest absolute Gasteiger partial charge is 0.311 e. The van der Waals surface area contributed by atoms with Gasteiger partial charge in [0.2, 0.25) is 0 Å². The topological polar surface area (TPSA) is 58.9 Å². The molecular weight excluding hydrogens is 252 g/mol. The molecule has 1 aromatic carbocycles. The summed E-state index contributed by atoms with van der Waals surface area (Å²) in [5.41, 5.74) is 1.38. The normalized spacial score (nSPS) is 20.1. The maximum atomic E-state index is 4.25. The van der Waals surface area contributed by atoms with E-state index in [1.54, 1.807) is 7.05 Å². The second-order valence-electron chi connectivity index (χ2n) is 5.27. The third kappa shape index (κ3) is 3.40. The number of hydrogen-bond acceptors (Lipinski definition) is 5. The lowest BCUT2D eigenvalue weighted by Crippen LogP contribution is -2.51. The van der Waals surface area contributed by atoms with E-state index >= 15 is 0 Å². The predicted molar refractivity (Wildman–Crippen MR) is 76.0 cm³/mol. The van der Waals surface area contributed by atoms with Crippen LogP contribution in [0, 0.1) is 0 Å². The lowest BCUT2D eigenvalue weighted by atomic mass is 10.0. The smallest absolute Gasteiger partial charge is 0.188 e. The molecule has 2 heterocycles. The minimum atomic E-state index is 0.489. The maximum absolute atomic E-state index is 4.25. The fourth-order valence-electron chi connectivity index (χ4n) is 2.66. The summed E-state index contributed by atoms with van der Waals surface area (Å²) in [5, 5.41) is 15.8. The standard InChI is InChI=1S/C14H20N6/c1-19-17-14(16-18-19)11-20-8-7-15-13(10-20)9-12-5-3-2-4-6-12/h2-6,13,15H,7-11H2,1H3. The van der Waals surface area contributed by atoms with E-state index in [-0.39, 0.29) is 0 Å². The van der Waals surface area contributed by atoms with Crippen LogP contribution in [0.15, 0.2) is 30.3 Å². The molecule has 0 radical (unpaired) electrons. The van der Waals surface area contributed by atoms with Crippen LogP contribution >= 0.6 is 0 Å². The number of nitrogens with zero attached hydrogens (tertiary/aromatic N) is 5. The van der Waals surface area contributed by atoms with E-state index in [9.17, 15) is 0 Å². The predicted octanol–water partition coefficient (Wildman–Crippen LogP) is 0.227. The summed E-state index contributed by atoms with van der Waals surface area (Å²) in [5.74, 6) is 0.799. The van der Waals surface area contributed by atoms with E-state index in [1.807, 2.05) is 0 Å². The molecule has 1 aliphatic rings. The van der Waals surface area contributed by atoms with Crippen molar-refractivity contribution in [3.63, 3.8) is 0 Å². The lowest BCUT2D eigenvalue weighted by Gasteiger charge is -2.33. The lowest BCUT2D eigenvalue weighted by molar-refractivity contribution is 0.187. The van der Waals surface area contributed by atoms with Crippen molar-refractivity contribution in [1.82, 2.24) is 30.4 Å². The minimum absolute atomic E-state index is 0.489. The highest BCUT2D eigenvalue weighted by Crippen LogP contribution is 2.09. The molecule has 1 aromatic heterocycles. The molecule has 6 heteroatoms. The molecule has 0 amide bonds. The monoisotopic (exact) mass is 272 g/mol. The van der Waals surface area contributed by atoms with Gasteiger partial charge in [0.1, 0.15) is 0 Å². The van der Waals surface area contributed by atoms with Gasteiger partial charge in [-0.15, -0.1) is 10.2 Å². The zero-order valence-corrected chi connectivity index (χ0v) is 11.7. The van der Waals surface area contributed by atoms with Crippen LogP contribution in [-0.4, -0.2) is 50.8 Å². The molecule has 0 spiro atoms. The number of hydrogen-bond donors (Lipinski definition) is 1. The van der Waals surface area contributed by atoms with Crippen LogP contribution in [0.25, 0.3) is 0 Å². The van der Waals surface area contributed by atoms with Gasteiger partial charge in [0.25, 0.3) is 0 Å². The summed E-state index contributed by atoms with van der Waals surface area (Å²) in [6.45, 7) is 3.84. The van der Waals surface area contributed by atoms with Gasteiger partial charge in [-0.2, -0.15) is 4.80 Å². The Morgan fingerprint density at radius 3 is 2.90 bits per heavy atom. The number of aryl methyl sites for hydroxylation is 1.